The van der Waals surface area contributed by atoms with Crippen molar-refractivity contribution in [3.63, 3.8) is 0 Å². The van der Waals surface area contributed by atoms with Crippen LogP contribution in [0.1, 0.15) is 15.9 Å². The number of nitrogens with zero attached hydrogens (tertiary/aromatic N) is 4. The highest BCUT2D eigenvalue weighted by molar-refractivity contribution is 6.00. The Kier molecular flexibility index (Phi) is 5.18. The maximum atomic E-state index is 13.1. The molecule has 0 unspecified atom stereocenters. The summed E-state index contributed by atoms with van der Waals surface area (Å²) in [4.78, 5) is 23.5. The first-order chi connectivity index (χ1) is 15.2. The smallest absolute Gasteiger partial charge is 0.418 e. The van der Waals surface area contributed by atoms with Gasteiger partial charge in [0.05, 0.1) is 11.3 Å². The lowest BCUT2D eigenvalue weighted by Crippen LogP contribution is -2.21. The molecule has 2 aromatic carbocycles. The number of carboxylic acid groups (broad SMARTS) is 1. The number of rotatable bonds is 4. The largest absolute Gasteiger partial charge is 0.478 e. The van der Waals surface area contributed by atoms with E-state index in [1.165, 1.54) is 41.0 Å². The first kappa shape index (κ1) is 20.8. The van der Waals surface area contributed by atoms with Gasteiger partial charge in [0.25, 0.3) is 0 Å². The first-order valence-electron chi connectivity index (χ1n) is 9.02. The number of fused-ring (bicyclic) bond motifs is 1. The number of aromatic carboxylic acids is 1. The molecular formula is C20H13F3N6O3. The van der Waals surface area contributed by atoms with Crippen LogP contribution in [0.4, 0.5) is 29.3 Å². The predicted molar refractivity (Wildman–Crippen MR) is 107 cm³/mol. The summed E-state index contributed by atoms with van der Waals surface area (Å²) >= 11 is 0. The Morgan fingerprint density at radius 3 is 2.34 bits per heavy atom. The number of urea groups is 1. The summed E-state index contributed by atoms with van der Waals surface area (Å²) in [5, 5.41) is 25.8. The van der Waals surface area contributed by atoms with Gasteiger partial charge in [-0.15, -0.1) is 10.2 Å². The molecule has 0 aliphatic rings. The number of hydrogen-bond acceptors (Lipinski definition) is 5. The molecule has 0 radical (unpaired) electrons. The second-order valence-electron chi connectivity index (χ2n) is 6.51. The number of hydrogen-bond donors (Lipinski definition) is 3. The Balaban J connectivity index is 1.52. The van der Waals surface area contributed by atoms with E-state index in [-0.39, 0.29) is 22.7 Å². The van der Waals surface area contributed by atoms with Crippen molar-refractivity contribution in [1.82, 2.24) is 19.8 Å². The number of nitrogens with one attached hydrogen (secondary N) is 2. The minimum atomic E-state index is -4.61. The number of benzene rings is 2. The van der Waals surface area contributed by atoms with Crippen LogP contribution in [0.3, 0.4) is 0 Å². The molecule has 0 atom stereocenters. The van der Waals surface area contributed by atoms with Gasteiger partial charge in [0.15, 0.2) is 11.5 Å². The first-order valence-corrected chi connectivity index (χ1v) is 9.02. The van der Waals surface area contributed by atoms with Crippen LogP contribution in [0.2, 0.25) is 0 Å². The maximum absolute atomic E-state index is 13.1. The molecule has 9 nitrogen and oxygen atoms in total. The molecule has 0 aliphatic heterocycles. The van der Waals surface area contributed by atoms with Crippen LogP contribution in [0.15, 0.2) is 60.8 Å². The highest BCUT2D eigenvalue weighted by Gasteiger charge is 2.33. The summed E-state index contributed by atoms with van der Waals surface area (Å²) in [6, 6.07) is 11.3. The zero-order chi connectivity index (χ0) is 22.9. The SMILES string of the molecule is O=C(Nc1ccc(-c2nnc3c(C(=O)O)ccnn23)cc1)Nc1ccccc1C(F)(F)F. The second kappa shape index (κ2) is 7.98. The van der Waals surface area contributed by atoms with Crippen molar-refractivity contribution in [3.05, 3.63) is 71.9 Å². The molecule has 4 rings (SSSR count). The van der Waals surface area contributed by atoms with Gasteiger partial charge in [-0.25, -0.2) is 9.59 Å². The Morgan fingerprint density at radius 2 is 1.66 bits per heavy atom. The van der Waals surface area contributed by atoms with Gasteiger partial charge in [0.2, 0.25) is 0 Å². The normalized spacial score (nSPS) is 11.3. The molecule has 0 bridgehead atoms. The molecule has 2 heterocycles. The van der Waals surface area contributed by atoms with E-state index in [1.807, 2.05) is 0 Å². The Bertz CT molecular complexity index is 1320. The average molecular weight is 442 g/mol. The van der Waals surface area contributed by atoms with Gasteiger partial charge >= 0.3 is 18.2 Å². The Hall–Kier alpha value is -4.48. The quantitative estimate of drug-likeness (QED) is 0.437. The van der Waals surface area contributed by atoms with Crippen LogP contribution in [0.5, 0.6) is 0 Å². The van der Waals surface area contributed by atoms with Crippen LogP contribution in [0.25, 0.3) is 17.0 Å². The second-order valence-corrected chi connectivity index (χ2v) is 6.51. The molecule has 2 amide bonds. The van der Waals surface area contributed by atoms with Crippen LogP contribution >= 0.6 is 0 Å². The monoisotopic (exact) mass is 442 g/mol. The zero-order valence-electron chi connectivity index (χ0n) is 16.0. The summed E-state index contributed by atoms with van der Waals surface area (Å²) in [6.45, 7) is 0. The van der Waals surface area contributed by atoms with E-state index in [9.17, 15) is 27.9 Å². The van der Waals surface area contributed by atoms with E-state index in [4.69, 9.17) is 0 Å². The molecule has 0 fully saturated rings. The number of amides is 2. The summed E-state index contributed by atoms with van der Waals surface area (Å²) in [7, 11) is 0. The highest BCUT2D eigenvalue weighted by atomic mass is 19.4. The molecule has 12 heteroatoms. The van der Waals surface area contributed by atoms with Gasteiger partial charge in [-0.05, 0) is 42.5 Å². The molecule has 162 valence electrons. The van der Waals surface area contributed by atoms with Crippen molar-refractivity contribution in [3.8, 4) is 11.4 Å². The van der Waals surface area contributed by atoms with Gasteiger partial charge in [0.1, 0.15) is 5.56 Å². The minimum absolute atomic E-state index is 0.0622. The molecule has 0 saturated carbocycles. The number of carbonyl (C=O) groups excluding carboxylic acids is 1. The topological polar surface area (TPSA) is 122 Å². The van der Waals surface area contributed by atoms with Gasteiger partial charge < -0.3 is 15.7 Å². The van der Waals surface area contributed by atoms with Crippen LogP contribution < -0.4 is 10.6 Å². The Morgan fingerprint density at radius 1 is 0.938 bits per heavy atom. The lowest BCUT2D eigenvalue weighted by molar-refractivity contribution is -0.136. The number of para-hydroxylation sites is 1. The van der Waals surface area contributed by atoms with Crippen molar-refractivity contribution >= 4 is 29.0 Å². The number of aromatic nitrogens is 4. The summed E-state index contributed by atoms with van der Waals surface area (Å²) < 4.78 is 40.5. The lowest BCUT2D eigenvalue weighted by Gasteiger charge is -2.14. The fourth-order valence-corrected chi connectivity index (χ4v) is 2.98. The van der Waals surface area contributed by atoms with E-state index >= 15 is 0 Å². The molecule has 0 aliphatic carbocycles. The summed E-state index contributed by atoms with van der Waals surface area (Å²) in [5.41, 5.74) is -0.487. The van der Waals surface area contributed by atoms with E-state index in [0.29, 0.717) is 11.3 Å². The summed E-state index contributed by atoms with van der Waals surface area (Å²) in [5.74, 6) is -0.896. The van der Waals surface area contributed by atoms with E-state index in [0.717, 1.165) is 12.1 Å². The number of carboxylic acids is 1. The minimum Gasteiger partial charge on any atom is -0.478 e. The molecule has 0 spiro atoms. The average Bonchev–Trinajstić information content (AvgIpc) is 3.18. The Labute approximate surface area is 177 Å². The van der Waals surface area contributed by atoms with E-state index in [1.54, 1.807) is 12.1 Å². The third kappa shape index (κ3) is 4.05. The standard InChI is InChI=1S/C20H13F3N6O3/c21-20(22,23)14-3-1-2-4-15(14)26-19(32)25-12-7-5-11(6-8-12)16-27-28-17-13(18(30)31)9-10-24-29(16)17/h1-10H,(H,30,31)(H2,25,26,32). The number of halogens is 3. The van der Waals surface area contributed by atoms with Gasteiger partial charge in [-0.2, -0.15) is 22.8 Å². The molecular weight excluding hydrogens is 429 g/mol. The van der Waals surface area contributed by atoms with Crippen LogP contribution in [-0.4, -0.2) is 36.9 Å². The molecule has 0 saturated heterocycles. The third-order valence-electron chi connectivity index (χ3n) is 4.42. The molecule has 2 aromatic heterocycles. The van der Waals surface area contributed by atoms with Gasteiger partial charge in [-0.3, -0.25) is 0 Å². The van der Waals surface area contributed by atoms with Crippen LogP contribution in [0, 0.1) is 0 Å². The number of anilines is 2. The lowest BCUT2D eigenvalue weighted by atomic mass is 10.1. The maximum Gasteiger partial charge on any atom is 0.418 e. The third-order valence-corrected chi connectivity index (χ3v) is 4.42. The fourth-order valence-electron chi connectivity index (χ4n) is 2.98. The van der Waals surface area contributed by atoms with Crippen molar-refractivity contribution in [2.75, 3.05) is 10.6 Å². The zero-order valence-corrected chi connectivity index (χ0v) is 16.0. The van der Waals surface area contributed by atoms with E-state index < -0.39 is 23.7 Å². The van der Waals surface area contributed by atoms with Crippen molar-refractivity contribution in [2.24, 2.45) is 0 Å². The summed E-state index contributed by atoms with van der Waals surface area (Å²) in [6.07, 6.45) is -3.30. The van der Waals surface area contributed by atoms with Crippen molar-refractivity contribution < 1.29 is 27.9 Å². The van der Waals surface area contributed by atoms with Crippen molar-refractivity contribution in [2.45, 2.75) is 6.18 Å². The van der Waals surface area contributed by atoms with E-state index in [2.05, 4.69) is 25.9 Å². The number of alkyl halides is 3. The molecule has 4 aromatic rings. The predicted octanol–water partition coefficient (Wildman–Crippen LogP) is 4.15. The fraction of sp³-hybridized carbons (Fsp3) is 0.0500. The van der Waals surface area contributed by atoms with Crippen LogP contribution in [-0.2, 0) is 6.18 Å². The van der Waals surface area contributed by atoms with Gasteiger partial charge in [-0.1, -0.05) is 12.1 Å². The van der Waals surface area contributed by atoms with Crippen molar-refractivity contribution in [1.29, 1.82) is 0 Å². The molecule has 3 N–H and O–H groups in total. The molecule has 32 heavy (non-hydrogen) atoms. The number of carbonyl (C=O) groups is 2. The van der Waals surface area contributed by atoms with Gasteiger partial charge in [0, 0.05) is 17.4 Å². The highest BCUT2D eigenvalue weighted by Crippen LogP contribution is 2.34.